The summed E-state index contributed by atoms with van der Waals surface area (Å²) in [7, 11) is 1.94. The first-order chi connectivity index (χ1) is 12.2. The molecule has 0 radical (unpaired) electrons. The molecule has 0 saturated carbocycles. The monoisotopic (exact) mass is 342 g/mol. The van der Waals surface area contributed by atoms with Crippen molar-refractivity contribution in [1.29, 1.82) is 0 Å². The fourth-order valence-corrected chi connectivity index (χ4v) is 3.42. The number of carbonyl (C=O) groups is 1. The van der Waals surface area contributed by atoms with Gasteiger partial charge in [-0.1, -0.05) is 18.6 Å². The number of aliphatic hydroxyl groups is 1. The number of hydrogen-bond acceptors (Lipinski definition) is 4. The van der Waals surface area contributed by atoms with Crippen molar-refractivity contribution in [3.05, 3.63) is 42.2 Å². The van der Waals surface area contributed by atoms with Crippen LogP contribution >= 0.6 is 0 Å². The normalized spacial score (nSPS) is 18.2. The number of likely N-dealkylation sites (tertiary alicyclic amines) is 1. The molecular formula is C19H26N4O2. The number of benzene rings is 1. The summed E-state index contributed by atoms with van der Waals surface area (Å²) in [6.07, 6.45) is 7.01. The van der Waals surface area contributed by atoms with Crippen molar-refractivity contribution in [3.63, 3.8) is 0 Å². The van der Waals surface area contributed by atoms with E-state index in [0.717, 1.165) is 37.3 Å². The number of aliphatic hydroxyl groups excluding tert-OH is 1. The fraction of sp³-hybridized carbons (Fsp3) is 0.474. The van der Waals surface area contributed by atoms with Crippen molar-refractivity contribution < 1.29 is 9.90 Å². The zero-order valence-electron chi connectivity index (χ0n) is 14.7. The van der Waals surface area contributed by atoms with E-state index in [1.54, 1.807) is 6.20 Å². The maximum atomic E-state index is 12.4. The molecule has 1 atom stereocenters. The summed E-state index contributed by atoms with van der Waals surface area (Å²) in [6.45, 7) is 2.55. The summed E-state index contributed by atoms with van der Waals surface area (Å²) in [5, 5.41) is 12.4. The molecule has 3 rings (SSSR count). The maximum absolute atomic E-state index is 12.4. The van der Waals surface area contributed by atoms with Gasteiger partial charge in [-0.25, -0.2) is 4.98 Å². The Kier molecular flexibility index (Phi) is 5.83. The van der Waals surface area contributed by atoms with E-state index in [4.69, 9.17) is 0 Å². The van der Waals surface area contributed by atoms with E-state index >= 15 is 0 Å². The Balaban J connectivity index is 1.57. The largest absolute Gasteiger partial charge is 0.395 e. The van der Waals surface area contributed by atoms with E-state index in [-0.39, 0.29) is 18.6 Å². The minimum absolute atomic E-state index is 0.0754. The topological polar surface area (TPSA) is 70.4 Å². The number of hydrogen-bond donors (Lipinski definition) is 2. The van der Waals surface area contributed by atoms with E-state index in [9.17, 15) is 9.90 Å². The van der Waals surface area contributed by atoms with Gasteiger partial charge >= 0.3 is 0 Å². The molecule has 134 valence electrons. The Labute approximate surface area is 148 Å². The number of piperidine rings is 1. The van der Waals surface area contributed by atoms with Crippen LogP contribution in [0.1, 0.15) is 29.6 Å². The molecule has 6 nitrogen and oxygen atoms in total. The first-order valence-corrected chi connectivity index (χ1v) is 8.90. The molecule has 0 bridgehead atoms. The summed E-state index contributed by atoms with van der Waals surface area (Å²) in [5.74, 6) is 0.766. The number of rotatable bonds is 6. The number of imidazole rings is 1. The standard InChI is InChI=1S/C19H26N4O2/c1-22-11-8-20-18(22)15-5-4-6-16(13-15)19(25)21-9-12-23-10-3-2-7-17(23)14-24/h4-6,8,11,13,17,24H,2-3,7,9-10,12,14H2,1H3,(H,21,25)/t17-/m0/s1. The summed E-state index contributed by atoms with van der Waals surface area (Å²) >= 11 is 0. The van der Waals surface area contributed by atoms with Gasteiger partial charge in [-0.2, -0.15) is 0 Å². The van der Waals surface area contributed by atoms with Crippen LogP contribution in [0.3, 0.4) is 0 Å². The number of carbonyl (C=O) groups excluding carboxylic acids is 1. The van der Waals surface area contributed by atoms with Crippen LogP contribution < -0.4 is 5.32 Å². The highest BCUT2D eigenvalue weighted by atomic mass is 16.3. The second-order valence-electron chi connectivity index (χ2n) is 6.57. The third kappa shape index (κ3) is 4.27. The van der Waals surface area contributed by atoms with E-state index in [0.29, 0.717) is 12.1 Å². The molecule has 2 aromatic rings. The Morgan fingerprint density at radius 2 is 2.28 bits per heavy atom. The van der Waals surface area contributed by atoms with Gasteiger partial charge in [0, 0.05) is 49.7 Å². The van der Waals surface area contributed by atoms with E-state index < -0.39 is 0 Å². The predicted molar refractivity (Wildman–Crippen MR) is 97.3 cm³/mol. The predicted octanol–water partition coefficient (Wildman–Crippen LogP) is 1.66. The highest BCUT2D eigenvalue weighted by Gasteiger charge is 2.21. The summed E-state index contributed by atoms with van der Waals surface area (Å²) < 4.78 is 1.93. The molecule has 1 fully saturated rings. The number of aryl methyl sites for hydroxylation is 1. The van der Waals surface area contributed by atoms with Crippen molar-refractivity contribution in [2.45, 2.75) is 25.3 Å². The number of nitrogens with zero attached hydrogens (tertiary/aromatic N) is 3. The molecule has 25 heavy (non-hydrogen) atoms. The molecule has 0 aliphatic carbocycles. The average molecular weight is 342 g/mol. The van der Waals surface area contributed by atoms with Crippen LogP contribution in [0.4, 0.5) is 0 Å². The average Bonchev–Trinajstić information content (AvgIpc) is 3.08. The maximum Gasteiger partial charge on any atom is 0.251 e. The van der Waals surface area contributed by atoms with Gasteiger partial charge in [-0.15, -0.1) is 0 Å². The van der Waals surface area contributed by atoms with Gasteiger partial charge in [0.2, 0.25) is 0 Å². The smallest absolute Gasteiger partial charge is 0.251 e. The molecule has 2 heterocycles. The highest BCUT2D eigenvalue weighted by molar-refractivity contribution is 5.95. The molecule has 0 unspecified atom stereocenters. The highest BCUT2D eigenvalue weighted by Crippen LogP contribution is 2.18. The molecule has 1 aliphatic heterocycles. The van der Waals surface area contributed by atoms with Crippen LogP contribution in [-0.4, -0.2) is 57.7 Å². The van der Waals surface area contributed by atoms with E-state index in [1.807, 2.05) is 42.1 Å². The summed E-state index contributed by atoms with van der Waals surface area (Å²) in [6, 6.07) is 7.76. The molecule has 1 amide bonds. The lowest BCUT2D eigenvalue weighted by Crippen LogP contribution is -2.45. The van der Waals surface area contributed by atoms with Crippen LogP contribution in [0.5, 0.6) is 0 Å². The first-order valence-electron chi connectivity index (χ1n) is 8.90. The van der Waals surface area contributed by atoms with Crippen LogP contribution in [0.25, 0.3) is 11.4 Å². The Morgan fingerprint density at radius 3 is 3.04 bits per heavy atom. The zero-order valence-corrected chi connectivity index (χ0v) is 14.7. The van der Waals surface area contributed by atoms with Gasteiger partial charge in [-0.3, -0.25) is 9.69 Å². The molecule has 1 aliphatic rings. The zero-order chi connectivity index (χ0) is 17.6. The molecule has 1 saturated heterocycles. The fourth-order valence-electron chi connectivity index (χ4n) is 3.42. The van der Waals surface area contributed by atoms with Gasteiger partial charge in [0.1, 0.15) is 5.82 Å². The van der Waals surface area contributed by atoms with Crippen LogP contribution in [0.2, 0.25) is 0 Å². The molecule has 1 aromatic heterocycles. The van der Waals surface area contributed by atoms with Gasteiger partial charge < -0.3 is 15.0 Å². The van der Waals surface area contributed by atoms with E-state index in [2.05, 4.69) is 15.2 Å². The first kappa shape index (κ1) is 17.6. The van der Waals surface area contributed by atoms with Crippen LogP contribution in [-0.2, 0) is 7.05 Å². The third-order valence-corrected chi connectivity index (χ3v) is 4.85. The number of amides is 1. The second-order valence-corrected chi connectivity index (χ2v) is 6.57. The van der Waals surface area contributed by atoms with Crippen molar-refractivity contribution >= 4 is 5.91 Å². The minimum Gasteiger partial charge on any atom is -0.395 e. The lowest BCUT2D eigenvalue weighted by atomic mass is 10.0. The summed E-state index contributed by atoms with van der Waals surface area (Å²) in [5.41, 5.74) is 1.56. The van der Waals surface area contributed by atoms with Crippen molar-refractivity contribution in [2.75, 3.05) is 26.2 Å². The van der Waals surface area contributed by atoms with Crippen LogP contribution in [0, 0.1) is 0 Å². The molecular weight excluding hydrogens is 316 g/mol. The number of aromatic nitrogens is 2. The quantitative estimate of drug-likeness (QED) is 0.838. The van der Waals surface area contributed by atoms with Crippen molar-refractivity contribution in [1.82, 2.24) is 19.8 Å². The molecule has 0 spiro atoms. The van der Waals surface area contributed by atoms with Crippen LogP contribution in [0.15, 0.2) is 36.7 Å². The summed E-state index contributed by atoms with van der Waals surface area (Å²) in [4.78, 5) is 19.0. The Bertz CT molecular complexity index is 713. The molecule has 2 N–H and O–H groups in total. The van der Waals surface area contributed by atoms with Crippen molar-refractivity contribution in [2.24, 2.45) is 7.05 Å². The van der Waals surface area contributed by atoms with Crippen molar-refractivity contribution in [3.8, 4) is 11.4 Å². The van der Waals surface area contributed by atoms with Gasteiger partial charge in [0.05, 0.1) is 6.61 Å². The lowest BCUT2D eigenvalue weighted by molar-refractivity contribution is 0.0849. The van der Waals surface area contributed by atoms with E-state index in [1.165, 1.54) is 6.42 Å². The number of nitrogens with one attached hydrogen (secondary N) is 1. The lowest BCUT2D eigenvalue weighted by Gasteiger charge is -2.34. The minimum atomic E-state index is -0.0754. The SMILES string of the molecule is Cn1ccnc1-c1cccc(C(=O)NCCN2CCCC[C@H]2CO)c1. The third-order valence-electron chi connectivity index (χ3n) is 4.85. The Hall–Kier alpha value is -2.18. The molecule has 6 heteroatoms. The Morgan fingerprint density at radius 1 is 1.40 bits per heavy atom. The van der Waals surface area contributed by atoms with Gasteiger partial charge in [0.15, 0.2) is 0 Å². The van der Waals surface area contributed by atoms with Gasteiger partial charge in [0.25, 0.3) is 5.91 Å². The molecule has 1 aromatic carbocycles. The second kappa shape index (κ2) is 8.27. The van der Waals surface area contributed by atoms with Gasteiger partial charge in [-0.05, 0) is 31.5 Å².